The molecule has 0 aliphatic rings. The first kappa shape index (κ1) is 7.97. The molecule has 0 atom stereocenters. The zero-order chi connectivity index (χ0) is 8.43. The maximum Gasteiger partial charge on any atom is 0.270 e. The molecule has 1 rings (SSSR count). The Morgan fingerprint density at radius 1 is 1.36 bits per heavy atom. The van der Waals surface area contributed by atoms with Crippen LogP contribution in [0.3, 0.4) is 0 Å². The van der Waals surface area contributed by atoms with E-state index < -0.39 is 17.9 Å². The van der Waals surface area contributed by atoms with E-state index in [2.05, 4.69) is 9.97 Å². The highest BCUT2D eigenvalue weighted by Gasteiger charge is 2.17. The van der Waals surface area contributed by atoms with Crippen LogP contribution in [0.25, 0.3) is 0 Å². The first-order valence-corrected chi connectivity index (χ1v) is 2.88. The first-order chi connectivity index (χ1) is 5.13. The molecule has 0 aromatic carbocycles. The minimum atomic E-state index is -2.85. The van der Waals surface area contributed by atoms with Crippen molar-refractivity contribution in [1.82, 2.24) is 9.97 Å². The van der Waals surface area contributed by atoms with Gasteiger partial charge in [-0.25, -0.2) is 18.7 Å². The summed E-state index contributed by atoms with van der Waals surface area (Å²) in [6.45, 7) is 1.31. The van der Waals surface area contributed by atoms with Gasteiger partial charge in [-0.2, -0.15) is 4.39 Å². The van der Waals surface area contributed by atoms with Crippen LogP contribution in [0.15, 0.2) is 6.33 Å². The second-order valence-electron chi connectivity index (χ2n) is 1.96. The van der Waals surface area contributed by atoms with E-state index in [4.69, 9.17) is 0 Å². The van der Waals surface area contributed by atoms with Gasteiger partial charge in [0.1, 0.15) is 6.33 Å². The lowest BCUT2D eigenvalue weighted by Crippen LogP contribution is -1.99. The first-order valence-electron chi connectivity index (χ1n) is 2.88. The van der Waals surface area contributed by atoms with E-state index in [1.165, 1.54) is 6.92 Å². The van der Waals surface area contributed by atoms with Crippen LogP contribution in [-0.4, -0.2) is 9.97 Å². The Labute approximate surface area is 61.1 Å². The molecule has 0 saturated heterocycles. The smallest absolute Gasteiger partial charge is 0.241 e. The molecule has 1 aromatic rings. The predicted molar refractivity (Wildman–Crippen MR) is 31.7 cm³/mol. The van der Waals surface area contributed by atoms with E-state index in [9.17, 15) is 13.2 Å². The van der Waals surface area contributed by atoms with Crippen molar-refractivity contribution < 1.29 is 13.2 Å². The van der Waals surface area contributed by atoms with Crippen molar-refractivity contribution in [2.75, 3.05) is 0 Å². The molecule has 0 saturated carbocycles. The van der Waals surface area contributed by atoms with E-state index in [0.717, 1.165) is 6.33 Å². The van der Waals surface area contributed by atoms with Crippen LogP contribution in [0.4, 0.5) is 13.2 Å². The third-order valence-electron chi connectivity index (χ3n) is 1.25. The Morgan fingerprint density at radius 2 is 2.00 bits per heavy atom. The monoisotopic (exact) mass is 162 g/mol. The topological polar surface area (TPSA) is 25.8 Å². The van der Waals surface area contributed by atoms with E-state index in [-0.39, 0.29) is 5.69 Å². The second-order valence-corrected chi connectivity index (χ2v) is 1.96. The highest BCUT2D eigenvalue weighted by atomic mass is 19.3. The molecule has 1 heterocycles. The second kappa shape index (κ2) is 2.86. The van der Waals surface area contributed by atoms with Crippen molar-refractivity contribution >= 4 is 0 Å². The average Bonchev–Trinajstić information content (AvgIpc) is 1.85. The number of hydrogen-bond acceptors (Lipinski definition) is 2. The summed E-state index contributed by atoms with van der Waals surface area (Å²) in [6, 6.07) is 0. The van der Waals surface area contributed by atoms with Crippen LogP contribution in [0, 0.1) is 12.9 Å². The molecule has 0 aliphatic heterocycles. The molecule has 0 amide bonds. The number of rotatable bonds is 1. The van der Waals surface area contributed by atoms with E-state index >= 15 is 0 Å². The van der Waals surface area contributed by atoms with Crippen LogP contribution in [0.2, 0.25) is 0 Å². The molecule has 0 aliphatic carbocycles. The highest BCUT2D eigenvalue weighted by Crippen LogP contribution is 2.22. The lowest BCUT2D eigenvalue weighted by atomic mass is 10.2. The van der Waals surface area contributed by atoms with E-state index in [0.29, 0.717) is 0 Å². The molecule has 1 aromatic heterocycles. The number of nitrogens with zero attached hydrogens (tertiary/aromatic N) is 2. The normalized spacial score (nSPS) is 10.6. The molecule has 5 heteroatoms. The van der Waals surface area contributed by atoms with Gasteiger partial charge in [-0.15, -0.1) is 0 Å². The molecule has 0 unspecified atom stereocenters. The fourth-order valence-corrected chi connectivity index (χ4v) is 0.702. The Balaban J connectivity index is 3.21. The van der Waals surface area contributed by atoms with Crippen LogP contribution in [-0.2, 0) is 0 Å². The van der Waals surface area contributed by atoms with Crippen molar-refractivity contribution in [1.29, 1.82) is 0 Å². The van der Waals surface area contributed by atoms with Gasteiger partial charge in [0.25, 0.3) is 6.43 Å². The average molecular weight is 162 g/mol. The van der Waals surface area contributed by atoms with Gasteiger partial charge in [0, 0.05) is 0 Å². The van der Waals surface area contributed by atoms with Crippen LogP contribution in [0.1, 0.15) is 17.7 Å². The van der Waals surface area contributed by atoms with Crippen molar-refractivity contribution in [3.8, 4) is 0 Å². The Hall–Kier alpha value is -1.13. The van der Waals surface area contributed by atoms with E-state index in [1.54, 1.807) is 0 Å². The summed E-state index contributed by atoms with van der Waals surface area (Å²) in [5.74, 6) is -1.15. The Bertz CT molecular complexity index is 242. The number of aromatic nitrogens is 2. The van der Waals surface area contributed by atoms with Crippen LogP contribution >= 0.6 is 0 Å². The number of halogens is 3. The summed E-state index contributed by atoms with van der Waals surface area (Å²) in [7, 11) is 0. The zero-order valence-corrected chi connectivity index (χ0v) is 5.68. The van der Waals surface area contributed by atoms with Gasteiger partial charge in [-0.05, 0) is 6.92 Å². The Morgan fingerprint density at radius 3 is 2.36 bits per heavy atom. The molecular formula is C6H5F3N2. The largest absolute Gasteiger partial charge is 0.270 e. The predicted octanol–water partition coefficient (Wildman–Crippen LogP) is 1.86. The molecule has 2 nitrogen and oxygen atoms in total. The van der Waals surface area contributed by atoms with Gasteiger partial charge in [0.15, 0.2) is 0 Å². The van der Waals surface area contributed by atoms with Crippen molar-refractivity contribution in [2.45, 2.75) is 13.3 Å². The van der Waals surface area contributed by atoms with Gasteiger partial charge < -0.3 is 0 Å². The molecule has 0 spiro atoms. The van der Waals surface area contributed by atoms with Gasteiger partial charge in [0.2, 0.25) is 5.95 Å². The summed E-state index contributed by atoms with van der Waals surface area (Å²) in [6.07, 6.45) is -1.94. The van der Waals surface area contributed by atoms with Crippen molar-refractivity contribution in [3.05, 3.63) is 23.5 Å². The number of hydrogen-bond donors (Lipinski definition) is 0. The third-order valence-corrected chi connectivity index (χ3v) is 1.25. The van der Waals surface area contributed by atoms with Gasteiger partial charge in [-0.3, -0.25) is 0 Å². The Kier molecular flexibility index (Phi) is 2.07. The summed E-state index contributed by atoms with van der Waals surface area (Å²) in [4.78, 5) is 6.43. The fourth-order valence-electron chi connectivity index (χ4n) is 0.702. The third kappa shape index (κ3) is 1.47. The van der Waals surface area contributed by atoms with Crippen LogP contribution < -0.4 is 0 Å². The molecule has 60 valence electrons. The summed E-state index contributed by atoms with van der Waals surface area (Å²) >= 11 is 0. The number of aryl methyl sites for hydroxylation is 1. The van der Waals surface area contributed by atoms with Crippen LogP contribution in [0.5, 0.6) is 0 Å². The van der Waals surface area contributed by atoms with Gasteiger partial charge >= 0.3 is 0 Å². The quantitative estimate of drug-likeness (QED) is 0.589. The molecule has 11 heavy (non-hydrogen) atoms. The summed E-state index contributed by atoms with van der Waals surface area (Å²) < 4.78 is 36.4. The fraction of sp³-hybridized carbons (Fsp3) is 0.333. The minimum Gasteiger partial charge on any atom is -0.241 e. The van der Waals surface area contributed by atoms with Crippen molar-refractivity contribution in [3.63, 3.8) is 0 Å². The minimum absolute atomic E-state index is 0.0208. The molecular weight excluding hydrogens is 157 g/mol. The summed E-state index contributed by atoms with van der Waals surface area (Å²) in [5.41, 5.74) is -0.736. The van der Waals surface area contributed by atoms with Gasteiger partial charge in [0.05, 0.1) is 11.3 Å². The molecule has 0 fully saturated rings. The van der Waals surface area contributed by atoms with Crippen molar-refractivity contribution in [2.24, 2.45) is 0 Å². The maximum atomic E-state index is 12.5. The standard InChI is InChI=1S/C6H5F3N2/c1-3-4(5(7)8)6(9)11-2-10-3/h2,5H,1H3. The zero-order valence-electron chi connectivity index (χ0n) is 5.68. The van der Waals surface area contributed by atoms with E-state index in [1.807, 2.05) is 0 Å². The highest BCUT2D eigenvalue weighted by molar-refractivity contribution is 5.16. The SMILES string of the molecule is Cc1ncnc(F)c1C(F)F. The lowest BCUT2D eigenvalue weighted by Gasteiger charge is -2.01. The maximum absolute atomic E-state index is 12.5. The molecule has 0 bridgehead atoms. The molecule has 0 N–H and O–H groups in total. The molecule has 0 radical (unpaired) electrons. The lowest BCUT2D eigenvalue weighted by molar-refractivity contribution is 0.143. The van der Waals surface area contributed by atoms with Gasteiger partial charge in [-0.1, -0.05) is 0 Å². The summed E-state index contributed by atoms with van der Waals surface area (Å²) in [5, 5.41) is 0. The number of alkyl halides is 2.